The standard InChI is InChI=1S/C22H23N5O3S/c1-3-13(2)19(20-24-15-7-4-5-8-16(15)25-20)26-18(28)11-14-12-31-22(23-14)27-21(29)17-9-6-10-30-17/h4-10,12-13,19H,3,11H2,1-2H3,(H,24,25)(H,26,28)(H,23,27,29). The number of rotatable bonds is 8. The van der Waals surface area contributed by atoms with Gasteiger partial charge in [0, 0.05) is 5.38 Å². The lowest BCUT2D eigenvalue weighted by atomic mass is 9.98. The van der Waals surface area contributed by atoms with Gasteiger partial charge in [0.05, 0.1) is 35.5 Å². The highest BCUT2D eigenvalue weighted by Gasteiger charge is 2.24. The first-order chi connectivity index (χ1) is 15.0. The number of para-hydroxylation sites is 2. The summed E-state index contributed by atoms with van der Waals surface area (Å²) in [6.07, 6.45) is 2.43. The van der Waals surface area contributed by atoms with Gasteiger partial charge in [0.2, 0.25) is 5.91 Å². The zero-order chi connectivity index (χ0) is 21.8. The number of carbonyl (C=O) groups excluding carboxylic acids is 2. The van der Waals surface area contributed by atoms with E-state index in [0.29, 0.717) is 10.8 Å². The minimum absolute atomic E-state index is 0.111. The molecule has 0 saturated carbocycles. The summed E-state index contributed by atoms with van der Waals surface area (Å²) in [4.78, 5) is 37.1. The number of furan rings is 1. The molecule has 0 saturated heterocycles. The molecule has 2 atom stereocenters. The van der Waals surface area contributed by atoms with Crippen molar-refractivity contribution >= 4 is 39.3 Å². The molecule has 0 aliphatic heterocycles. The van der Waals surface area contributed by atoms with E-state index in [1.54, 1.807) is 17.5 Å². The summed E-state index contributed by atoms with van der Waals surface area (Å²) in [5, 5.41) is 7.95. The van der Waals surface area contributed by atoms with Crippen molar-refractivity contribution in [2.75, 3.05) is 5.32 Å². The monoisotopic (exact) mass is 437 g/mol. The van der Waals surface area contributed by atoms with Gasteiger partial charge in [0.1, 0.15) is 5.82 Å². The Kier molecular flexibility index (Phi) is 6.13. The summed E-state index contributed by atoms with van der Waals surface area (Å²) in [5.41, 5.74) is 2.40. The first-order valence-electron chi connectivity index (χ1n) is 10.1. The van der Waals surface area contributed by atoms with Gasteiger partial charge in [0.15, 0.2) is 10.9 Å². The number of anilines is 1. The minimum atomic E-state index is -0.378. The van der Waals surface area contributed by atoms with Crippen molar-refractivity contribution in [1.29, 1.82) is 0 Å². The lowest BCUT2D eigenvalue weighted by Crippen LogP contribution is -2.34. The number of hydrogen-bond acceptors (Lipinski definition) is 6. The van der Waals surface area contributed by atoms with Crippen LogP contribution in [0.15, 0.2) is 52.5 Å². The van der Waals surface area contributed by atoms with Gasteiger partial charge in [-0.1, -0.05) is 32.4 Å². The Morgan fingerprint density at radius 3 is 2.77 bits per heavy atom. The first-order valence-corrected chi connectivity index (χ1v) is 10.9. The molecule has 1 aromatic carbocycles. The van der Waals surface area contributed by atoms with Crippen LogP contribution in [0.5, 0.6) is 0 Å². The molecule has 3 heterocycles. The van der Waals surface area contributed by atoms with Crippen molar-refractivity contribution in [3.63, 3.8) is 0 Å². The molecule has 2 unspecified atom stereocenters. The molecule has 0 radical (unpaired) electrons. The molecule has 3 aromatic heterocycles. The number of aromatic nitrogens is 3. The minimum Gasteiger partial charge on any atom is -0.459 e. The third-order valence-corrected chi connectivity index (χ3v) is 5.90. The van der Waals surface area contributed by atoms with Crippen LogP contribution in [0.25, 0.3) is 11.0 Å². The Labute approximate surface area is 183 Å². The molecule has 9 heteroatoms. The number of H-pyrrole nitrogens is 1. The van der Waals surface area contributed by atoms with Crippen LogP contribution in [0, 0.1) is 5.92 Å². The molecule has 160 valence electrons. The zero-order valence-corrected chi connectivity index (χ0v) is 18.0. The van der Waals surface area contributed by atoms with E-state index < -0.39 is 0 Å². The molecule has 31 heavy (non-hydrogen) atoms. The predicted molar refractivity (Wildman–Crippen MR) is 119 cm³/mol. The van der Waals surface area contributed by atoms with E-state index in [9.17, 15) is 9.59 Å². The summed E-state index contributed by atoms with van der Waals surface area (Å²) in [7, 11) is 0. The SMILES string of the molecule is CCC(C)C(NC(=O)Cc1csc(NC(=O)c2ccco2)n1)c1nc2ccccc2[nH]1. The maximum Gasteiger partial charge on any atom is 0.293 e. The summed E-state index contributed by atoms with van der Waals surface area (Å²) in [5.74, 6) is 0.616. The van der Waals surface area contributed by atoms with E-state index in [1.807, 2.05) is 24.3 Å². The van der Waals surface area contributed by atoms with E-state index >= 15 is 0 Å². The number of nitrogens with zero attached hydrogens (tertiary/aromatic N) is 2. The van der Waals surface area contributed by atoms with Gasteiger partial charge in [-0.2, -0.15) is 0 Å². The fraction of sp³-hybridized carbons (Fsp3) is 0.273. The molecular formula is C22H23N5O3S. The molecule has 0 aliphatic rings. The first kappa shape index (κ1) is 20.8. The van der Waals surface area contributed by atoms with Crippen molar-refractivity contribution in [2.45, 2.75) is 32.7 Å². The smallest absolute Gasteiger partial charge is 0.293 e. The normalized spacial score (nSPS) is 13.1. The molecule has 4 aromatic rings. The Morgan fingerprint density at radius 2 is 2.03 bits per heavy atom. The van der Waals surface area contributed by atoms with Gasteiger partial charge in [-0.3, -0.25) is 14.9 Å². The average Bonchev–Trinajstić information content (AvgIpc) is 3.52. The molecule has 0 aliphatic carbocycles. The van der Waals surface area contributed by atoms with E-state index in [0.717, 1.165) is 23.3 Å². The lowest BCUT2D eigenvalue weighted by Gasteiger charge is -2.22. The third-order valence-electron chi connectivity index (χ3n) is 5.09. The summed E-state index contributed by atoms with van der Waals surface area (Å²) in [6.45, 7) is 4.17. The predicted octanol–water partition coefficient (Wildman–Crippen LogP) is 4.31. The van der Waals surface area contributed by atoms with E-state index in [2.05, 4.69) is 39.4 Å². The molecule has 0 bridgehead atoms. The van der Waals surface area contributed by atoms with Gasteiger partial charge in [0.25, 0.3) is 5.91 Å². The largest absolute Gasteiger partial charge is 0.459 e. The number of imidazole rings is 1. The summed E-state index contributed by atoms with van der Waals surface area (Å²) < 4.78 is 5.07. The third kappa shape index (κ3) is 4.83. The number of fused-ring (bicyclic) bond motifs is 1. The topological polar surface area (TPSA) is 113 Å². The Balaban J connectivity index is 1.42. The Hall–Kier alpha value is -3.46. The molecule has 0 fully saturated rings. The Morgan fingerprint density at radius 1 is 1.19 bits per heavy atom. The van der Waals surface area contributed by atoms with Gasteiger partial charge in [-0.05, 0) is 30.2 Å². The summed E-state index contributed by atoms with van der Waals surface area (Å²) in [6, 6.07) is 10.8. The maximum absolute atomic E-state index is 12.8. The van der Waals surface area contributed by atoms with Crippen molar-refractivity contribution in [1.82, 2.24) is 20.3 Å². The van der Waals surface area contributed by atoms with Crippen LogP contribution in [-0.2, 0) is 11.2 Å². The van der Waals surface area contributed by atoms with Crippen molar-refractivity contribution in [3.05, 3.63) is 65.3 Å². The maximum atomic E-state index is 12.8. The average molecular weight is 438 g/mol. The molecule has 3 N–H and O–H groups in total. The van der Waals surface area contributed by atoms with Crippen molar-refractivity contribution in [2.24, 2.45) is 5.92 Å². The molecule has 2 amide bonds. The van der Waals surface area contributed by atoms with Crippen LogP contribution in [0.4, 0.5) is 5.13 Å². The number of thiazole rings is 1. The highest BCUT2D eigenvalue weighted by Crippen LogP contribution is 2.25. The second-order valence-electron chi connectivity index (χ2n) is 7.32. The van der Waals surface area contributed by atoms with Gasteiger partial charge in [-0.25, -0.2) is 9.97 Å². The fourth-order valence-corrected chi connectivity index (χ4v) is 3.94. The Bertz CT molecular complexity index is 1150. The van der Waals surface area contributed by atoms with Crippen LogP contribution in [0.3, 0.4) is 0 Å². The van der Waals surface area contributed by atoms with Crippen LogP contribution < -0.4 is 10.6 Å². The van der Waals surface area contributed by atoms with Gasteiger partial charge >= 0.3 is 0 Å². The highest BCUT2D eigenvalue weighted by atomic mass is 32.1. The molecule has 4 rings (SSSR count). The number of aromatic amines is 1. The number of hydrogen-bond donors (Lipinski definition) is 3. The lowest BCUT2D eigenvalue weighted by molar-refractivity contribution is -0.121. The molecule has 0 spiro atoms. The quantitative estimate of drug-likeness (QED) is 0.380. The van der Waals surface area contributed by atoms with Gasteiger partial charge in [-0.15, -0.1) is 11.3 Å². The van der Waals surface area contributed by atoms with E-state index in [-0.39, 0.29) is 36.0 Å². The summed E-state index contributed by atoms with van der Waals surface area (Å²) >= 11 is 1.26. The van der Waals surface area contributed by atoms with Crippen LogP contribution >= 0.6 is 11.3 Å². The molecular weight excluding hydrogens is 414 g/mol. The number of nitrogens with one attached hydrogen (secondary N) is 3. The number of benzene rings is 1. The van der Waals surface area contributed by atoms with Crippen LogP contribution in [0.1, 0.15) is 48.4 Å². The molecule has 8 nitrogen and oxygen atoms in total. The second-order valence-corrected chi connectivity index (χ2v) is 8.18. The number of carbonyl (C=O) groups is 2. The van der Waals surface area contributed by atoms with Gasteiger partial charge < -0.3 is 14.7 Å². The zero-order valence-electron chi connectivity index (χ0n) is 17.2. The fourth-order valence-electron chi connectivity index (χ4n) is 3.24. The number of amides is 2. The second kappa shape index (κ2) is 9.13. The highest BCUT2D eigenvalue weighted by molar-refractivity contribution is 7.14. The van der Waals surface area contributed by atoms with Crippen LogP contribution in [-0.4, -0.2) is 26.8 Å². The van der Waals surface area contributed by atoms with Crippen LogP contribution in [0.2, 0.25) is 0 Å². The van der Waals surface area contributed by atoms with Crippen molar-refractivity contribution in [3.8, 4) is 0 Å². The van der Waals surface area contributed by atoms with E-state index in [1.165, 1.54) is 17.6 Å². The van der Waals surface area contributed by atoms with Crippen molar-refractivity contribution < 1.29 is 14.0 Å². The van der Waals surface area contributed by atoms with E-state index in [4.69, 9.17) is 4.42 Å².